The Labute approximate surface area is 121 Å². The largest absolute Gasteiger partial charge is 0.350 e. The van der Waals surface area contributed by atoms with Gasteiger partial charge in [0, 0.05) is 5.54 Å². The maximum atomic E-state index is 13.4. The van der Waals surface area contributed by atoms with Crippen LogP contribution in [-0.2, 0) is 17.2 Å². The summed E-state index contributed by atoms with van der Waals surface area (Å²) in [5.74, 6) is 0.193. The van der Waals surface area contributed by atoms with Gasteiger partial charge in [-0.15, -0.1) is 11.6 Å². The van der Waals surface area contributed by atoms with Crippen LogP contribution in [0.2, 0.25) is 0 Å². The van der Waals surface area contributed by atoms with Crippen molar-refractivity contribution >= 4 is 28.5 Å². The summed E-state index contributed by atoms with van der Waals surface area (Å²) in [6.07, 6.45) is 0. The zero-order chi connectivity index (χ0) is 14.9. The van der Waals surface area contributed by atoms with E-state index < -0.39 is 0 Å². The Balaban J connectivity index is 2.37. The van der Waals surface area contributed by atoms with Gasteiger partial charge in [0.1, 0.15) is 18.2 Å². The third kappa shape index (κ3) is 3.28. The van der Waals surface area contributed by atoms with E-state index in [9.17, 15) is 9.18 Å². The number of benzene rings is 1. The monoisotopic (exact) mass is 297 g/mol. The highest BCUT2D eigenvalue weighted by Gasteiger charge is 2.17. The van der Waals surface area contributed by atoms with Crippen LogP contribution in [0.5, 0.6) is 0 Å². The van der Waals surface area contributed by atoms with Crippen LogP contribution in [0.1, 0.15) is 26.6 Å². The molecule has 0 saturated heterocycles. The second-order valence-corrected chi connectivity index (χ2v) is 5.95. The molecular formula is C14H17ClFN3O. The van der Waals surface area contributed by atoms with Crippen LogP contribution < -0.4 is 5.32 Å². The van der Waals surface area contributed by atoms with E-state index in [-0.39, 0.29) is 29.7 Å². The van der Waals surface area contributed by atoms with Crippen LogP contribution in [0.4, 0.5) is 4.39 Å². The second kappa shape index (κ2) is 5.40. The Morgan fingerprint density at radius 1 is 1.45 bits per heavy atom. The number of carbonyl (C=O) groups excluding carboxylic acids is 1. The molecule has 4 nitrogen and oxygen atoms in total. The minimum atomic E-state index is -0.365. The van der Waals surface area contributed by atoms with Crippen molar-refractivity contribution in [2.75, 3.05) is 0 Å². The number of amides is 1. The predicted octanol–water partition coefficient (Wildman–Crippen LogP) is 2.83. The number of alkyl halides is 1. The molecule has 0 bridgehead atoms. The normalized spacial score (nSPS) is 11.8. The predicted molar refractivity (Wildman–Crippen MR) is 77.1 cm³/mol. The molecule has 2 rings (SSSR count). The average molecular weight is 298 g/mol. The lowest BCUT2D eigenvalue weighted by molar-refractivity contribution is -0.123. The van der Waals surface area contributed by atoms with Gasteiger partial charge in [-0.3, -0.25) is 4.79 Å². The Morgan fingerprint density at radius 3 is 2.75 bits per heavy atom. The smallest absolute Gasteiger partial charge is 0.240 e. The summed E-state index contributed by atoms with van der Waals surface area (Å²) in [7, 11) is 0. The van der Waals surface area contributed by atoms with Crippen molar-refractivity contribution in [1.29, 1.82) is 0 Å². The van der Waals surface area contributed by atoms with Crippen molar-refractivity contribution < 1.29 is 9.18 Å². The molecule has 0 aliphatic rings. The summed E-state index contributed by atoms with van der Waals surface area (Å²) in [6, 6.07) is 4.29. The first-order valence-electron chi connectivity index (χ1n) is 6.32. The number of carbonyl (C=O) groups is 1. The number of fused-ring (bicyclic) bond motifs is 1. The molecule has 108 valence electrons. The van der Waals surface area contributed by atoms with E-state index in [0.717, 1.165) is 0 Å². The zero-order valence-corrected chi connectivity index (χ0v) is 12.5. The van der Waals surface area contributed by atoms with Crippen molar-refractivity contribution in [1.82, 2.24) is 14.9 Å². The molecule has 0 atom stereocenters. The molecule has 1 aromatic carbocycles. The van der Waals surface area contributed by atoms with Gasteiger partial charge in [0.2, 0.25) is 5.91 Å². The van der Waals surface area contributed by atoms with Crippen LogP contribution in [0, 0.1) is 5.82 Å². The van der Waals surface area contributed by atoms with E-state index in [2.05, 4.69) is 10.3 Å². The summed E-state index contributed by atoms with van der Waals surface area (Å²) < 4.78 is 15.0. The third-order valence-electron chi connectivity index (χ3n) is 2.72. The highest BCUT2D eigenvalue weighted by atomic mass is 35.5. The summed E-state index contributed by atoms with van der Waals surface area (Å²) in [6.45, 7) is 5.77. The summed E-state index contributed by atoms with van der Waals surface area (Å²) in [5, 5.41) is 2.86. The van der Waals surface area contributed by atoms with Crippen LogP contribution >= 0.6 is 11.6 Å². The fourth-order valence-corrected chi connectivity index (χ4v) is 2.23. The molecule has 20 heavy (non-hydrogen) atoms. The van der Waals surface area contributed by atoms with Gasteiger partial charge in [-0.1, -0.05) is 0 Å². The van der Waals surface area contributed by atoms with Crippen LogP contribution in [0.3, 0.4) is 0 Å². The first-order chi connectivity index (χ1) is 9.30. The summed E-state index contributed by atoms with van der Waals surface area (Å²) >= 11 is 5.85. The molecule has 1 heterocycles. The Hall–Kier alpha value is -1.62. The summed E-state index contributed by atoms with van der Waals surface area (Å²) in [4.78, 5) is 16.3. The SMILES string of the molecule is CC(C)(C)NC(=O)Cn1c(CCl)nc2ccc(F)cc21. The van der Waals surface area contributed by atoms with Crippen LogP contribution in [0.15, 0.2) is 18.2 Å². The minimum absolute atomic E-state index is 0.0687. The first-order valence-corrected chi connectivity index (χ1v) is 6.85. The number of hydrogen-bond donors (Lipinski definition) is 1. The number of nitrogens with one attached hydrogen (secondary N) is 1. The standard InChI is InChI=1S/C14H17ClFN3O/c1-14(2,3)18-13(20)8-19-11-6-9(16)4-5-10(11)17-12(19)7-15/h4-6H,7-8H2,1-3H3,(H,18,20). The van der Waals surface area contributed by atoms with E-state index in [1.54, 1.807) is 10.6 Å². The van der Waals surface area contributed by atoms with Gasteiger partial charge in [0.05, 0.1) is 16.9 Å². The van der Waals surface area contributed by atoms with Gasteiger partial charge in [-0.25, -0.2) is 9.37 Å². The number of hydrogen-bond acceptors (Lipinski definition) is 2. The number of halogens is 2. The van der Waals surface area contributed by atoms with Crippen LogP contribution in [-0.4, -0.2) is 21.0 Å². The molecule has 0 aliphatic carbocycles. The zero-order valence-electron chi connectivity index (χ0n) is 11.7. The quantitative estimate of drug-likeness (QED) is 0.886. The first kappa shape index (κ1) is 14.8. The lowest BCUT2D eigenvalue weighted by Gasteiger charge is -2.21. The second-order valence-electron chi connectivity index (χ2n) is 5.68. The number of aromatic nitrogens is 2. The van der Waals surface area contributed by atoms with E-state index in [1.165, 1.54) is 12.1 Å². The summed E-state index contributed by atoms with van der Waals surface area (Å²) in [5.41, 5.74) is 0.884. The van der Waals surface area contributed by atoms with Gasteiger partial charge < -0.3 is 9.88 Å². The lowest BCUT2D eigenvalue weighted by Crippen LogP contribution is -2.42. The molecule has 1 amide bonds. The van der Waals surface area contributed by atoms with Gasteiger partial charge in [-0.2, -0.15) is 0 Å². The molecule has 0 spiro atoms. The van der Waals surface area contributed by atoms with E-state index in [1.807, 2.05) is 20.8 Å². The molecule has 2 aromatic rings. The number of imidazole rings is 1. The Morgan fingerprint density at radius 2 is 2.15 bits per heavy atom. The van der Waals surface area contributed by atoms with Crippen molar-refractivity contribution in [3.8, 4) is 0 Å². The highest BCUT2D eigenvalue weighted by Crippen LogP contribution is 2.19. The molecule has 6 heteroatoms. The Kier molecular flexibility index (Phi) is 3.99. The molecule has 0 fully saturated rings. The molecular weight excluding hydrogens is 281 g/mol. The molecule has 0 aliphatic heterocycles. The molecule has 1 N–H and O–H groups in total. The minimum Gasteiger partial charge on any atom is -0.350 e. The van der Waals surface area contributed by atoms with Crippen molar-refractivity contribution in [2.24, 2.45) is 0 Å². The lowest BCUT2D eigenvalue weighted by atomic mass is 10.1. The number of nitrogens with zero attached hydrogens (tertiary/aromatic N) is 2. The molecule has 1 aromatic heterocycles. The van der Waals surface area contributed by atoms with Crippen molar-refractivity contribution in [3.63, 3.8) is 0 Å². The fourth-order valence-electron chi connectivity index (χ4n) is 2.03. The van der Waals surface area contributed by atoms with Gasteiger partial charge in [-0.05, 0) is 39.0 Å². The van der Waals surface area contributed by atoms with Gasteiger partial charge in [0.15, 0.2) is 0 Å². The van der Waals surface area contributed by atoms with Crippen molar-refractivity contribution in [3.05, 3.63) is 29.8 Å². The Bertz CT molecular complexity index is 646. The highest BCUT2D eigenvalue weighted by molar-refractivity contribution is 6.16. The average Bonchev–Trinajstić information content (AvgIpc) is 2.64. The maximum Gasteiger partial charge on any atom is 0.240 e. The molecule has 0 unspecified atom stereocenters. The third-order valence-corrected chi connectivity index (χ3v) is 2.96. The van der Waals surface area contributed by atoms with Crippen LogP contribution in [0.25, 0.3) is 11.0 Å². The van der Waals surface area contributed by atoms with Gasteiger partial charge in [0.25, 0.3) is 0 Å². The van der Waals surface area contributed by atoms with E-state index in [4.69, 9.17) is 11.6 Å². The number of rotatable bonds is 3. The van der Waals surface area contributed by atoms with E-state index in [0.29, 0.717) is 16.9 Å². The van der Waals surface area contributed by atoms with Gasteiger partial charge >= 0.3 is 0 Å². The maximum absolute atomic E-state index is 13.4. The van der Waals surface area contributed by atoms with E-state index >= 15 is 0 Å². The topological polar surface area (TPSA) is 46.9 Å². The molecule has 0 saturated carbocycles. The van der Waals surface area contributed by atoms with Crippen molar-refractivity contribution in [2.45, 2.75) is 38.7 Å². The molecule has 0 radical (unpaired) electrons. The fraction of sp³-hybridized carbons (Fsp3) is 0.429.